The van der Waals surface area contributed by atoms with Crippen molar-refractivity contribution >= 4 is 29.2 Å². The van der Waals surface area contributed by atoms with Crippen LogP contribution in [-0.2, 0) is 9.59 Å². The number of ether oxygens (including phenoxy) is 1. The lowest BCUT2D eigenvalue weighted by Crippen LogP contribution is -2.41. The number of carbonyl (C=O) groups excluding carboxylic acids is 1. The molecule has 0 fully saturated rings. The van der Waals surface area contributed by atoms with Crippen LogP contribution >= 0.6 is 11.6 Å². The van der Waals surface area contributed by atoms with E-state index in [0.717, 1.165) is 0 Å². The zero-order chi connectivity index (χ0) is 15.8. The van der Waals surface area contributed by atoms with Crippen LogP contribution in [-0.4, -0.2) is 43.2 Å². The number of aliphatic carboxylic acids is 1. The van der Waals surface area contributed by atoms with Crippen LogP contribution in [0.4, 0.5) is 5.69 Å². The molecule has 1 unspecified atom stereocenters. The number of carbonyl (C=O) groups is 2. The maximum absolute atomic E-state index is 11.9. The molecule has 1 amide bonds. The fourth-order valence-corrected chi connectivity index (χ4v) is 1.84. The molecule has 116 valence electrons. The van der Waals surface area contributed by atoms with Gasteiger partial charge in [0.1, 0.15) is 11.8 Å². The van der Waals surface area contributed by atoms with Crippen molar-refractivity contribution in [3.8, 4) is 5.75 Å². The molecule has 8 heteroatoms. The number of nitrogens with two attached hydrogens (primary N) is 1. The molecule has 1 rings (SSSR count). The number of anilines is 1. The van der Waals surface area contributed by atoms with Crippen LogP contribution in [0.3, 0.4) is 0 Å². The number of hydrogen-bond acceptors (Lipinski definition) is 5. The van der Waals surface area contributed by atoms with Gasteiger partial charge in [-0.3, -0.25) is 9.59 Å². The minimum atomic E-state index is -1.11. The highest BCUT2D eigenvalue weighted by Crippen LogP contribution is 2.27. The van der Waals surface area contributed by atoms with Gasteiger partial charge in [0.25, 0.3) is 0 Å². The Morgan fingerprint density at radius 3 is 2.76 bits per heavy atom. The van der Waals surface area contributed by atoms with E-state index in [9.17, 15) is 9.59 Å². The number of methoxy groups -OCH3 is 1. The van der Waals surface area contributed by atoms with E-state index < -0.39 is 17.9 Å². The van der Waals surface area contributed by atoms with E-state index in [4.69, 9.17) is 27.2 Å². The molecule has 0 saturated heterocycles. The summed E-state index contributed by atoms with van der Waals surface area (Å²) in [5.41, 5.74) is 5.69. The average molecular weight is 316 g/mol. The zero-order valence-electron chi connectivity index (χ0n) is 11.6. The Morgan fingerprint density at radius 2 is 2.19 bits per heavy atom. The van der Waals surface area contributed by atoms with Gasteiger partial charge in [0.15, 0.2) is 0 Å². The van der Waals surface area contributed by atoms with Gasteiger partial charge in [0.05, 0.1) is 19.2 Å². The van der Waals surface area contributed by atoms with Crippen molar-refractivity contribution in [1.29, 1.82) is 0 Å². The Bertz CT molecular complexity index is 510. The first-order chi connectivity index (χ1) is 9.97. The largest absolute Gasteiger partial charge is 0.495 e. The molecule has 1 aromatic rings. The maximum atomic E-state index is 11.9. The van der Waals surface area contributed by atoms with Gasteiger partial charge in [-0.25, -0.2) is 0 Å². The highest BCUT2D eigenvalue weighted by atomic mass is 35.5. The Labute approximate surface area is 127 Å². The van der Waals surface area contributed by atoms with Crippen molar-refractivity contribution in [2.75, 3.05) is 25.5 Å². The second-order valence-corrected chi connectivity index (χ2v) is 4.67. The Morgan fingerprint density at radius 1 is 1.48 bits per heavy atom. The number of halogens is 1. The molecule has 7 nitrogen and oxygen atoms in total. The molecule has 0 radical (unpaired) electrons. The van der Waals surface area contributed by atoms with Crippen LogP contribution in [0.25, 0.3) is 0 Å². The second kappa shape index (κ2) is 8.46. The highest BCUT2D eigenvalue weighted by Gasteiger charge is 2.21. The SMILES string of the molecule is COc1ccc(Cl)cc1NC(=O)CC(NCCN)C(=O)O. The monoisotopic (exact) mass is 315 g/mol. The van der Waals surface area contributed by atoms with Gasteiger partial charge >= 0.3 is 5.97 Å². The summed E-state index contributed by atoms with van der Waals surface area (Å²) in [5.74, 6) is -1.14. The molecule has 21 heavy (non-hydrogen) atoms. The van der Waals surface area contributed by atoms with Crippen molar-refractivity contribution in [3.63, 3.8) is 0 Å². The second-order valence-electron chi connectivity index (χ2n) is 4.23. The highest BCUT2D eigenvalue weighted by molar-refractivity contribution is 6.31. The number of hydrogen-bond donors (Lipinski definition) is 4. The summed E-state index contributed by atoms with van der Waals surface area (Å²) in [7, 11) is 1.46. The number of rotatable bonds is 8. The fourth-order valence-electron chi connectivity index (χ4n) is 1.67. The third kappa shape index (κ3) is 5.58. The summed E-state index contributed by atoms with van der Waals surface area (Å²) < 4.78 is 5.10. The molecule has 1 aromatic carbocycles. The van der Waals surface area contributed by atoms with Gasteiger partial charge in [0.2, 0.25) is 5.91 Å². The molecule has 0 aliphatic carbocycles. The number of benzene rings is 1. The molecule has 0 spiro atoms. The summed E-state index contributed by atoms with van der Waals surface area (Å²) in [6.07, 6.45) is -0.231. The van der Waals surface area contributed by atoms with Crippen LogP contribution in [0, 0.1) is 0 Å². The summed E-state index contributed by atoms with van der Waals surface area (Å²) in [4.78, 5) is 23.0. The lowest BCUT2D eigenvalue weighted by Gasteiger charge is -2.15. The van der Waals surface area contributed by atoms with Crippen LogP contribution in [0.5, 0.6) is 5.75 Å². The first kappa shape index (κ1) is 17.2. The molecule has 0 bridgehead atoms. The third-order valence-corrected chi connectivity index (χ3v) is 2.89. The lowest BCUT2D eigenvalue weighted by atomic mass is 10.2. The van der Waals surface area contributed by atoms with E-state index >= 15 is 0 Å². The van der Waals surface area contributed by atoms with Crippen LogP contribution in [0.2, 0.25) is 5.02 Å². The summed E-state index contributed by atoms with van der Waals surface area (Å²) in [6, 6.07) is 3.76. The van der Waals surface area contributed by atoms with E-state index in [1.165, 1.54) is 13.2 Å². The standard InChI is InChI=1S/C13H18ClN3O4/c1-21-11-3-2-8(14)6-9(11)17-12(18)7-10(13(19)20)16-5-4-15/h2-3,6,10,16H,4-5,7,15H2,1H3,(H,17,18)(H,19,20). The predicted octanol–water partition coefficient (Wildman–Crippen LogP) is 0.679. The maximum Gasteiger partial charge on any atom is 0.321 e. The first-order valence-corrected chi connectivity index (χ1v) is 6.65. The Balaban J connectivity index is 2.71. The zero-order valence-corrected chi connectivity index (χ0v) is 12.3. The number of carboxylic acid groups (broad SMARTS) is 1. The minimum absolute atomic E-state index is 0.231. The first-order valence-electron chi connectivity index (χ1n) is 6.27. The number of amides is 1. The van der Waals surface area contributed by atoms with Gasteiger partial charge in [-0.05, 0) is 18.2 Å². The Kier molecular flexibility index (Phi) is 6.93. The van der Waals surface area contributed by atoms with Gasteiger partial charge in [-0.2, -0.15) is 0 Å². The number of nitrogens with one attached hydrogen (secondary N) is 2. The van der Waals surface area contributed by atoms with Crippen LogP contribution < -0.4 is 21.1 Å². The molecule has 0 aromatic heterocycles. The lowest BCUT2D eigenvalue weighted by molar-refractivity contribution is -0.141. The fraction of sp³-hybridized carbons (Fsp3) is 0.385. The molecular formula is C13H18ClN3O4. The van der Waals surface area contributed by atoms with Gasteiger partial charge in [-0.15, -0.1) is 0 Å². The molecule has 5 N–H and O–H groups in total. The smallest absolute Gasteiger partial charge is 0.321 e. The van der Waals surface area contributed by atoms with Crippen molar-refractivity contribution < 1.29 is 19.4 Å². The van der Waals surface area contributed by atoms with Crippen LogP contribution in [0.15, 0.2) is 18.2 Å². The molecular weight excluding hydrogens is 298 g/mol. The Hall–Kier alpha value is -1.83. The number of carboxylic acids is 1. The van der Waals surface area contributed by atoms with Crippen molar-refractivity contribution in [1.82, 2.24) is 5.32 Å². The summed E-state index contributed by atoms with van der Waals surface area (Å²) in [5, 5.41) is 14.7. The predicted molar refractivity (Wildman–Crippen MR) is 79.7 cm³/mol. The average Bonchev–Trinajstić information content (AvgIpc) is 2.43. The topological polar surface area (TPSA) is 114 Å². The quantitative estimate of drug-likeness (QED) is 0.561. The van der Waals surface area contributed by atoms with E-state index in [1.807, 2.05) is 0 Å². The molecule has 0 aliphatic heterocycles. The van der Waals surface area contributed by atoms with Crippen molar-refractivity contribution in [2.45, 2.75) is 12.5 Å². The third-order valence-electron chi connectivity index (χ3n) is 2.66. The van der Waals surface area contributed by atoms with Gasteiger partial charge in [0, 0.05) is 18.1 Å². The van der Waals surface area contributed by atoms with E-state index in [1.54, 1.807) is 12.1 Å². The van der Waals surface area contributed by atoms with E-state index in [2.05, 4.69) is 10.6 Å². The normalized spacial score (nSPS) is 11.8. The van der Waals surface area contributed by atoms with Gasteiger partial charge < -0.3 is 26.2 Å². The van der Waals surface area contributed by atoms with Crippen LogP contribution in [0.1, 0.15) is 6.42 Å². The molecule has 0 aliphatic rings. The van der Waals surface area contributed by atoms with Crippen molar-refractivity contribution in [3.05, 3.63) is 23.2 Å². The van der Waals surface area contributed by atoms with Gasteiger partial charge in [-0.1, -0.05) is 11.6 Å². The van der Waals surface area contributed by atoms with E-state index in [0.29, 0.717) is 23.0 Å². The molecule has 0 heterocycles. The summed E-state index contributed by atoms with van der Waals surface area (Å²) >= 11 is 5.85. The van der Waals surface area contributed by atoms with E-state index in [-0.39, 0.29) is 13.0 Å². The molecule has 0 saturated carbocycles. The summed E-state index contributed by atoms with van der Waals surface area (Å²) in [6.45, 7) is 0.595. The molecule has 1 atom stereocenters. The van der Waals surface area contributed by atoms with Crippen molar-refractivity contribution in [2.24, 2.45) is 5.73 Å². The minimum Gasteiger partial charge on any atom is -0.495 e.